The molecule has 1 amide bonds. The maximum Gasteiger partial charge on any atom is 0.220 e. The Hall–Kier alpha value is -2.64. The normalized spacial score (nSPS) is 10.2. The van der Waals surface area contributed by atoms with Gasteiger partial charge in [0.1, 0.15) is 0 Å². The van der Waals surface area contributed by atoms with Crippen LogP contribution in [0.2, 0.25) is 0 Å². The minimum Gasteiger partial charge on any atom is -0.345 e. The number of nitrogens with zero attached hydrogens (tertiary/aromatic N) is 1. The first-order chi connectivity index (χ1) is 12.3. The number of hydrogen-bond acceptors (Lipinski definition) is 3. The summed E-state index contributed by atoms with van der Waals surface area (Å²) in [6.07, 6.45) is 3.31. The smallest absolute Gasteiger partial charge is 0.220 e. The molecule has 1 heterocycles. The van der Waals surface area contributed by atoms with E-state index in [1.807, 2.05) is 48.5 Å². The Morgan fingerprint density at radius 3 is 2.68 bits per heavy atom. The molecule has 0 spiro atoms. The molecule has 0 unspecified atom stereocenters. The lowest BCUT2D eigenvalue weighted by Gasteiger charge is -2.00. The van der Waals surface area contributed by atoms with Crippen LogP contribution in [-0.2, 0) is 11.2 Å². The average molecular weight is 348 g/mol. The number of aromatic nitrogens is 1. The van der Waals surface area contributed by atoms with E-state index in [0.717, 1.165) is 35.4 Å². The Labute approximate surface area is 152 Å². The molecule has 3 aromatic rings. The van der Waals surface area contributed by atoms with Gasteiger partial charge in [0.15, 0.2) is 0 Å². The third-order valence-electron chi connectivity index (χ3n) is 3.76. The highest BCUT2D eigenvalue weighted by Crippen LogP contribution is 2.22. The van der Waals surface area contributed by atoms with Gasteiger partial charge < -0.3 is 5.32 Å². The van der Waals surface area contributed by atoms with E-state index in [1.165, 1.54) is 4.70 Å². The summed E-state index contributed by atoms with van der Waals surface area (Å²) in [7, 11) is 0. The van der Waals surface area contributed by atoms with Crippen LogP contribution in [0.1, 0.15) is 29.8 Å². The first kappa shape index (κ1) is 17.2. The molecule has 0 saturated carbocycles. The highest BCUT2D eigenvalue weighted by Gasteiger charge is 2.04. The number of fused-ring (bicyclic) bond motifs is 1. The van der Waals surface area contributed by atoms with Crippen molar-refractivity contribution in [3.05, 3.63) is 65.2 Å². The van der Waals surface area contributed by atoms with Gasteiger partial charge >= 0.3 is 0 Å². The number of nitrogens with one attached hydrogen (secondary N) is 1. The minimum absolute atomic E-state index is 0.0617. The lowest BCUT2D eigenvalue weighted by Crippen LogP contribution is -2.23. The van der Waals surface area contributed by atoms with Gasteiger partial charge in [-0.2, -0.15) is 0 Å². The molecule has 1 aromatic heterocycles. The fourth-order valence-electron chi connectivity index (χ4n) is 2.49. The van der Waals surface area contributed by atoms with E-state index in [2.05, 4.69) is 28.2 Å². The van der Waals surface area contributed by atoms with Crippen molar-refractivity contribution in [3.63, 3.8) is 0 Å². The highest BCUT2D eigenvalue weighted by atomic mass is 32.1. The Morgan fingerprint density at radius 2 is 1.84 bits per heavy atom. The maximum absolute atomic E-state index is 11.8. The fraction of sp³-hybridized carbons (Fsp3) is 0.238. The molecule has 0 fully saturated rings. The van der Waals surface area contributed by atoms with Crippen LogP contribution in [0.25, 0.3) is 10.2 Å². The van der Waals surface area contributed by atoms with Gasteiger partial charge in [0.25, 0.3) is 0 Å². The van der Waals surface area contributed by atoms with Crippen LogP contribution >= 0.6 is 11.3 Å². The summed E-state index contributed by atoms with van der Waals surface area (Å²) in [5, 5.41) is 4.00. The molecule has 3 nitrogen and oxygen atoms in total. The van der Waals surface area contributed by atoms with Crippen LogP contribution in [0.15, 0.2) is 54.6 Å². The summed E-state index contributed by atoms with van der Waals surface area (Å²) in [5.41, 5.74) is 2.03. The van der Waals surface area contributed by atoms with Gasteiger partial charge in [-0.1, -0.05) is 42.2 Å². The first-order valence-electron chi connectivity index (χ1n) is 8.46. The Balaban J connectivity index is 1.33. The van der Waals surface area contributed by atoms with Gasteiger partial charge in [-0.05, 0) is 43.5 Å². The zero-order chi connectivity index (χ0) is 17.3. The maximum atomic E-state index is 11.8. The summed E-state index contributed by atoms with van der Waals surface area (Å²) >= 11 is 1.74. The molecule has 126 valence electrons. The van der Waals surface area contributed by atoms with Crippen LogP contribution in [0.4, 0.5) is 0 Å². The third-order valence-corrected chi connectivity index (χ3v) is 4.86. The zero-order valence-corrected chi connectivity index (χ0v) is 14.8. The monoisotopic (exact) mass is 348 g/mol. The Morgan fingerprint density at radius 1 is 1.04 bits per heavy atom. The van der Waals surface area contributed by atoms with Crippen molar-refractivity contribution < 1.29 is 4.79 Å². The van der Waals surface area contributed by atoms with E-state index in [4.69, 9.17) is 0 Å². The summed E-state index contributed by atoms with van der Waals surface area (Å²) in [6.45, 7) is 0.394. The lowest BCUT2D eigenvalue weighted by atomic mass is 10.2. The molecule has 0 aliphatic heterocycles. The fourth-order valence-corrected chi connectivity index (χ4v) is 3.50. The van der Waals surface area contributed by atoms with Gasteiger partial charge in [0.2, 0.25) is 5.91 Å². The van der Waals surface area contributed by atoms with Crippen LogP contribution in [0.5, 0.6) is 0 Å². The predicted octanol–water partition coefficient (Wildman–Crippen LogP) is 4.18. The molecule has 0 atom stereocenters. The topological polar surface area (TPSA) is 42.0 Å². The molecule has 25 heavy (non-hydrogen) atoms. The number of unbranched alkanes of at least 4 members (excludes halogenated alkanes) is 1. The van der Waals surface area contributed by atoms with Crippen molar-refractivity contribution in [1.82, 2.24) is 10.3 Å². The number of para-hydroxylation sites is 1. The predicted molar refractivity (Wildman–Crippen MR) is 104 cm³/mol. The highest BCUT2D eigenvalue weighted by molar-refractivity contribution is 7.18. The number of carbonyl (C=O) groups is 1. The van der Waals surface area contributed by atoms with E-state index >= 15 is 0 Å². The van der Waals surface area contributed by atoms with Crippen molar-refractivity contribution in [2.24, 2.45) is 0 Å². The van der Waals surface area contributed by atoms with E-state index in [1.54, 1.807) is 11.3 Å². The van der Waals surface area contributed by atoms with Crippen molar-refractivity contribution in [2.75, 3.05) is 6.54 Å². The van der Waals surface area contributed by atoms with Crippen LogP contribution < -0.4 is 5.32 Å². The number of rotatable bonds is 6. The zero-order valence-electron chi connectivity index (χ0n) is 14.0. The van der Waals surface area contributed by atoms with Gasteiger partial charge in [-0.15, -0.1) is 11.3 Å². The molecule has 2 aromatic carbocycles. The molecule has 3 rings (SSSR count). The number of amides is 1. The van der Waals surface area contributed by atoms with E-state index in [-0.39, 0.29) is 5.91 Å². The number of carbonyl (C=O) groups excluding carboxylic acids is 1. The molecule has 1 N–H and O–H groups in total. The Kier molecular flexibility index (Phi) is 6.19. The van der Waals surface area contributed by atoms with Gasteiger partial charge in [0.05, 0.1) is 21.8 Å². The molecule has 0 bridgehead atoms. The summed E-state index contributed by atoms with van der Waals surface area (Å²) in [6, 6.07) is 18.0. The molecule has 0 saturated heterocycles. The molecule has 4 heteroatoms. The first-order valence-corrected chi connectivity index (χ1v) is 9.28. The van der Waals surface area contributed by atoms with Crippen LogP contribution in [0, 0.1) is 11.8 Å². The van der Waals surface area contributed by atoms with Gasteiger partial charge in [0, 0.05) is 12.0 Å². The molecular weight excluding hydrogens is 328 g/mol. The van der Waals surface area contributed by atoms with Crippen LogP contribution in [-0.4, -0.2) is 17.4 Å². The SMILES string of the molecule is O=C(CCCCc1nc2ccccc2s1)NCC#Cc1ccccc1. The molecule has 0 aliphatic carbocycles. The second-order valence-electron chi connectivity index (χ2n) is 5.73. The van der Waals surface area contributed by atoms with E-state index in [9.17, 15) is 4.79 Å². The molecule has 0 radical (unpaired) electrons. The summed E-state index contributed by atoms with van der Waals surface area (Å²) < 4.78 is 1.23. The number of thiazole rings is 1. The second kappa shape index (κ2) is 9.00. The van der Waals surface area contributed by atoms with Gasteiger partial charge in [-0.3, -0.25) is 4.79 Å². The number of hydrogen-bond donors (Lipinski definition) is 1. The molecule has 0 aliphatic rings. The van der Waals surface area contributed by atoms with Crippen molar-refractivity contribution in [2.45, 2.75) is 25.7 Å². The third kappa shape index (κ3) is 5.44. The summed E-state index contributed by atoms with van der Waals surface area (Å²) in [4.78, 5) is 16.4. The second-order valence-corrected chi connectivity index (χ2v) is 6.84. The minimum atomic E-state index is 0.0617. The average Bonchev–Trinajstić information content (AvgIpc) is 3.06. The quantitative estimate of drug-likeness (QED) is 0.536. The van der Waals surface area contributed by atoms with E-state index < -0.39 is 0 Å². The van der Waals surface area contributed by atoms with Gasteiger partial charge in [-0.25, -0.2) is 4.98 Å². The standard InChI is InChI=1S/C21H20N2OS/c24-20(22-16-8-11-17-9-2-1-3-10-17)14-6-7-15-21-23-18-12-4-5-13-19(18)25-21/h1-5,9-10,12-13H,6-7,14-16H2,(H,22,24). The Bertz CT molecular complexity index is 857. The van der Waals surface area contributed by atoms with Crippen molar-refractivity contribution in [3.8, 4) is 11.8 Å². The lowest BCUT2D eigenvalue weighted by molar-refractivity contribution is -0.120. The summed E-state index contributed by atoms with van der Waals surface area (Å²) in [5.74, 6) is 6.07. The number of benzene rings is 2. The van der Waals surface area contributed by atoms with E-state index in [0.29, 0.717) is 13.0 Å². The van der Waals surface area contributed by atoms with Crippen molar-refractivity contribution >= 4 is 27.5 Å². The number of aryl methyl sites for hydroxylation is 1. The van der Waals surface area contributed by atoms with Crippen molar-refractivity contribution in [1.29, 1.82) is 0 Å². The largest absolute Gasteiger partial charge is 0.345 e. The van der Waals surface area contributed by atoms with Crippen LogP contribution in [0.3, 0.4) is 0 Å². The molecular formula is C21H20N2OS.